The zero-order chi connectivity index (χ0) is 17.4. The number of benzene rings is 1. The number of unbranched alkanes of at least 4 members (excludes halogenated alkanes) is 2. The number of para-hydroxylation sites is 1. The Morgan fingerprint density at radius 1 is 1.17 bits per heavy atom. The zero-order valence-electron chi connectivity index (χ0n) is 14.9. The molecule has 0 saturated carbocycles. The predicted octanol–water partition coefficient (Wildman–Crippen LogP) is 3.72. The lowest BCUT2D eigenvalue weighted by Crippen LogP contribution is -2.36. The number of aldehydes is 1. The molecular formula is C20H30N2O2. The number of hydrogen-bond donors (Lipinski definition) is 1. The number of rotatable bonds is 11. The summed E-state index contributed by atoms with van der Waals surface area (Å²) in [5, 5.41) is 11.5. The SMILES string of the molecule is CCCCN(CCCC)C[C@@H](O)Cn1cc(C=O)c2ccccc21. The molecule has 1 N–H and O–H groups in total. The van der Waals surface area contributed by atoms with Gasteiger partial charge < -0.3 is 14.6 Å². The van der Waals surface area contributed by atoms with Crippen molar-refractivity contribution in [1.82, 2.24) is 9.47 Å². The van der Waals surface area contributed by atoms with Crippen LogP contribution in [0.25, 0.3) is 10.9 Å². The van der Waals surface area contributed by atoms with E-state index in [0.29, 0.717) is 18.7 Å². The fraction of sp³-hybridized carbons (Fsp3) is 0.550. The van der Waals surface area contributed by atoms with E-state index in [4.69, 9.17) is 0 Å². The molecule has 0 bridgehead atoms. The number of fused-ring (bicyclic) bond motifs is 1. The Hall–Kier alpha value is -1.65. The number of aromatic nitrogens is 1. The van der Waals surface area contributed by atoms with E-state index in [2.05, 4.69) is 18.7 Å². The number of carbonyl (C=O) groups excluding carboxylic acids is 1. The van der Waals surface area contributed by atoms with Crippen LogP contribution >= 0.6 is 0 Å². The number of hydrogen-bond acceptors (Lipinski definition) is 3. The van der Waals surface area contributed by atoms with E-state index in [1.807, 2.05) is 35.0 Å². The van der Waals surface area contributed by atoms with Crippen molar-refractivity contribution in [2.24, 2.45) is 0 Å². The highest BCUT2D eigenvalue weighted by atomic mass is 16.3. The molecule has 24 heavy (non-hydrogen) atoms. The zero-order valence-corrected chi connectivity index (χ0v) is 14.9. The van der Waals surface area contributed by atoms with Crippen molar-refractivity contribution >= 4 is 17.2 Å². The van der Waals surface area contributed by atoms with Crippen molar-refractivity contribution in [2.75, 3.05) is 19.6 Å². The normalized spacial score (nSPS) is 12.8. The fourth-order valence-electron chi connectivity index (χ4n) is 3.16. The molecule has 2 aromatic rings. The Balaban J connectivity index is 2.05. The van der Waals surface area contributed by atoms with E-state index >= 15 is 0 Å². The third-order valence-electron chi connectivity index (χ3n) is 4.48. The third kappa shape index (κ3) is 4.92. The minimum absolute atomic E-state index is 0.436. The number of nitrogens with zero attached hydrogens (tertiary/aromatic N) is 2. The highest BCUT2D eigenvalue weighted by Gasteiger charge is 2.14. The molecule has 0 radical (unpaired) electrons. The Kier molecular flexibility index (Phi) is 7.47. The summed E-state index contributed by atoms with van der Waals surface area (Å²) in [4.78, 5) is 13.6. The summed E-state index contributed by atoms with van der Waals surface area (Å²) in [7, 11) is 0. The second kappa shape index (κ2) is 9.60. The van der Waals surface area contributed by atoms with Gasteiger partial charge in [0.25, 0.3) is 0 Å². The van der Waals surface area contributed by atoms with Crippen molar-refractivity contribution in [3.8, 4) is 0 Å². The molecule has 1 aromatic heterocycles. The predicted molar refractivity (Wildman–Crippen MR) is 99.6 cm³/mol. The molecule has 2 rings (SSSR count). The van der Waals surface area contributed by atoms with Crippen LogP contribution in [0.1, 0.15) is 49.9 Å². The molecule has 132 valence electrons. The Morgan fingerprint density at radius 2 is 1.83 bits per heavy atom. The quantitative estimate of drug-likeness (QED) is 0.639. The van der Waals surface area contributed by atoms with Crippen LogP contribution in [0.15, 0.2) is 30.5 Å². The van der Waals surface area contributed by atoms with E-state index in [0.717, 1.165) is 43.1 Å². The average Bonchev–Trinajstić information content (AvgIpc) is 2.95. The average molecular weight is 330 g/mol. The van der Waals surface area contributed by atoms with Crippen LogP contribution in [0.2, 0.25) is 0 Å². The summed E-state index contributed by atoms with van der Waals surface area (Å²) >= 11 is 0. The van der Waals surface area contributed by atoms with Gasteiger partial charge in [0.2, 0.25) is 0 Å². The second-order valence-corrected chi connectivity index (χ2v) is 6.53. The lowest BCUT2D eigenvalue weighted by molar-refractivity contribution is 0.0971. The van der Waals surface area contributed by atoms with Gasteiger partial charge in [-0.05, 0) is 32.0 Å². The van der Waals surface area contributed by atoms with Gasteiger partial charge in [-0.25, -0.2) is 0 Å². The first-order valence-corrected chi connectivity index (χ1v) is 9.13. The van der Waals surface area contributed by atoms with Crippen molar-refractivity contribution in [3.63, 3.8) is 0 Å². The molecule has 0 fully saturated rings. The summed E-state index contributed by atoms with van der Waals surface area (Å²) in [6, 6.07) is 7.86. The monoisotopic (exact) mass is 330 g/mol. The molecule has 0 spiro atoms. The van der Waals surface area contributed by atoms with Gasteiger partial charge in [0.15, 0.2) is 6.29 Å². The lowest BCUT2D eigenvalue weighted by Gasteiger charge is -2.25. The second-order valence-electron chi connectivity index (χ2n) is 6.53. The number of aliphatic hydroxyl groups excluding tert-OH is 1. The molecule has 1 aromatic carbocycles. The van der Waals surface area contributed by atoms with Gasteiger partial charge in [-0.3, -0.25) is 4.79 Å². The molecule has 0 aliphatic carbocycles. The molecule has 1 heterocycles. The van der Waals surface area contributed by atoms with Gasteiger partial charge in [-0.2, -0.15) is 0 Å². The Labute approximate surface area is 145 Å². The molecular weight excluding hydrogens is 300 g/mol. The van der Waals surface area contributed by atoms with E-state index in [1.54, 1.807) is 0 Å². The largest absolute Gasteiger partial charge is 0.390 e. The van der Waals surface area contributed by atoms with Gasteiger partial charge >= 0.3 is 0 Å². The van der Waals surface area contributed by atoms with Crippen LogP contribution in [0.3, 0.4) is 0 Å². The minimum atomic E-state index is -0.436. The van der Waals surface area contributed by atoms with Gasteiger partial charge in [-0.15, -0.1) is 0 Å². The maximum atomic E-state index is 11.2. The summed E-state index contributed by atoms with van der Waals surface area (Å²) in [5.74, 6) is 0. The molecule has 1 atom stereocenters. The third-order valence-corrected chi connectivity index (χ3v) is 4.48. The molecule has 4 nitrogen and oxygen atoms in total. The standard InChI is InChI=1S/C20H30N2O2/c1-3-5-11-21(12-6-4-2)14-18(24)15-22-13-17(16-23)19-9-7-8-10-20(19)22/h7-10,13,16,18,24H,3-6,11-12,14-15H2,1-2H3/t18-/m1/s1. The van der Waals surface area contributed by atoms with Crippen LogP contribution in [0, 0.1) is 0 Å². The molecule has 0 aliphatic rings. The van der Waals surface area contributed by atoms with Crippen LogP contribution in [-0.4, -0.2) is 46.6 Å². The van der Waals surface area contributed by atoms with Gasteiger partial charge in [0.1, 0.15) is 0 Å². The molecule has 4 heteroatoms. The Morgan fingerprint density at radius 3 is 2.46 bits per heavy atom. The number of carbonyl (C=O) groups is 1. The first kappa shape index (κ1) is 18.7. The van der Waals surface area contributed by atoms with Gasteiger partial charge in [-0.1, -0.05) is 44.9 Å². The van der Waals surface area contributed by atoms with Crippen LogP contribution < -0.4 is 0 Å². The summed E-state index contributed by atoms with van der Waals surface area (Å²) in [5.41, 5.74) is 1.69. The first-order valence-electron chi connectivity index (χ1n) is 9.13. The van der Waals surface area contributed by atoms with Crippen molar-refractivity contribution in [1.29, 1.82) is 0 Å². The molecule has 0 saturated heterocycles. The minimum Gasteiger partial charge on any atom is -0.390 e. The van der Waals surface area contributed by atoms with Gasteiger partial charge in [0.05, 0.1) is 6.10 Å². The van der Waals surface area contributed by atoms with Crippen LogP contribution in [-0.2, 0) is 6.54 Å². The lowest BCUT2D eigenvalue weighted by atomic mass is 10.2. The van der Waals surface area contributed by atoms with Gasteiger partial charge in [0, 0.05) is 35.8 Å². The highest BCUT2D eigenvalue weighted by molar-refractivity contribution is 5.97. The maximum absolute atomic E-state index is 11.2. The van der Waals surface area contributed by atoms with E-state index in [-0.39, 0.29) is 0 Å². The number of aliphatic hydroxyl groups is 1. The van der Waals surface area contributed by atoms with E-state index in [1.165, 1.54) is 12.8 Å². The van der Waals surface area contributed by atoms with Crippen molar-refractivity contribution in [3.05, 3.63) is 36.0 Å². The first-order chi connectivity index (χ1) is 11.7. The fourth-order valence-corrected chi connectivity index (χ4v) is 3.16. The summed E-state index contributed by atoms with van der Waals surface area (Å²) in [6.07, 6.45) is 6.97. The molecule has 0 amide bonds. The highest BCUT2D eigenvalue weighted by Crippen LogP contribution is 2.20. The van der Waals surface area contributed by atoms with E-state index < -0.39 is 6.10 Å². The van der Waals surface area contributed by atoms with Crippen LogP contribution in [0.4, 0.5) is 0 Å². The summed E-state index contributed by atoms with van der Waals surface area (Å²) in [6.45, 7) is 7.67. The van der Waals surface area contributed by atoms with Crippen molar-refractivity contribution < 1.29 is 9.90 Å². The maximum Gasteiger partial charge on any atom is 0.152 e. The smallest absolute Gasteiger partial charge is 0.152 e. The van der Waals surface area contributed by atoms with Crippen LogP contribution in [0.5, 0.6) is 0 Å². The summed E-state index contributed by atoms with van der Waals surface area (Å²) < 4.78 is 2.00. The topological polar surface area (TPSA) is 45.5 Å². The molecule has 0 unspecified atom stereocenters. The van der Waals surface area contributed by atoms with E-state index in [9.17, 15) is 9.90 Å². The molecule has 0 aliphatic heterocycles. The van der Waals surface area contributed by atoms with Crippen molar-refractivity contribution in [2.45, 2.75) is 52.2 Å². The Bertz CT molecular complexity index is 628.